The van der Waals surface area contributed by atoms with Gasteiger partial charge in [-0.2, -0.15) is 4.98 Å². The van der Waals surface area contributed by atoms with Gasteiger partial charge >= 0.3 is 0 Å². The van der Waals surface area contributed by atoms with Gasteiger partial charge in [-0.15, -0.1) is 0 Å². The lowest BCUT2D eigenvalue weighted by molar-refractivity contribution is 0.0788. The fourth-order valence-corrected chi connectivity index (χ4v) is 3.30. The fraction of sp³-hybridized carbons (Fsp3) is 0.471. The van der Waals surface area contributed by atoms with E-state index in [1.165, 1.54) is 5.56 Å². The van der Waals surface area contributed by atoms with Crippen LogP contribution in [0.2, 0.25) is 0 Å². The van der Waals surface area contributed by atoms with Crippen molar-refractivity contribution in [1.29, 1.82) is 0 Å². The van der Waals surface area contributed by atoms with Crippen molar-refractivity contribution >= 4 is 5.91 Å². The summed E-state index contributed by atoms with van der Waals surface area (Å²) in [6.07, 6.45) is 0.872. The minimum absolute atomic E-state index is 0.105. The first-order valence-electron chi connectivity index (χ1n) is 7.63. The largest absolute Gasteiger partial charge is 0.339 e. The summed E-state index contributed by atoms with van der Waals surface area (Å²) < 4.78 is 5.25. The average Bonchev–Trinajstić information content (AvgIpc) is 3.05. The number of amides is 1. The Labute approximate surface area is 130 Å². The van der Waals surface area contributed by atoms with Gasteiger partial charge < -0.3 is 9.42 Å². The molecular formula is C17H21N3O2. The van der Waals surface area contributed by atoms with Crippen LogP contribution in [-0.2, 0) is 0 Å². The van der Waals surface area contributed by atoms with Crippen LogP contribution in [0.25, 0.3) is 0 Å². The number of nitrogens with zero attached hydrogens (tertiary/aromatic N) is 3. The zero-order valence-electron chi connectivity index (χ0n) is 13.5. The van der Waals surface area contributed by atoms with E-state index >= 15 is 0 Å². The number of likely N-dealkylation sites (tertiary alicyclic amines) is 1. The smallest absolute Gasteiger partial charge is 0.254 e. The van der Waals surface area contributed by atoms with Crippen molar-refractivity contribution in [2.45, 2.75) is 40.0 Å². The third-order valence-corrected chi connectivity index (χ3v) is 4.26. The molecule has 2 aromatic rings. The fourth-order valence-electron chi connectivity index (χ4n) is 3.30. The molecule has 0 spiro atoms. The Morgan fingerprint density at radius 2 is 1.91 bits per heavy atom. The van der Waals surface area contributed by atoms with E-state index in [-0.39, 0.29) is 11.8 Å². The van der Waals surface area contributed by atoms with Crippen molar-refractivity contribution in [1.82, 2.24) is 15.0 Å². The third kappa shape index (κ3) is 2.63. The molecule has 116 valence electrons. The molecule has 0 bridgehead atoms. The summed E-state index contributed by atoms with van der Waals surface area (Å²) in [5, 5.41) is 3.84. The lowest BCUT2D eigenvalue weighted by atomic mass is 9.99. The third-order valence-electron chi connectivity index (χ3n) is 4.26. The van der Waals surface area contributed by atoms with Crippen LogP contribution in [0.4, 0.5) is 0 Å². The SMILES string of the molecule is Cc1cc(C)c(C(=O)N2CC[C@H](c3nc(C)no3)C2)c(C)c1. The number of benzene rings is 1. The van der Waals surface area contributed by atoms with Crippen molar-refractivity contribution < 1.29 is 9.32 Å². The highest BCUT2D eigenvalue weighted by Gasteiger charge is 2.32. The first kappa shape index (κ1) is 14.8. The van der Waals surface area contributed by atoms with Gasteiger partial charge in [-0.25, -0.2) is 0 Å². The second kappa shape index (κ2) is 5.55. The van der Waals surface area contributed by atoms with Crippen LogP contribution in [0, 0.1) is 27.7 Å². The van der Waals surface area contributed by atoms with E-state index in [1.807, 2.05) is 25.7 Å². The van der Waals surface area contributed by atoms with Gasteiger partial charge in [-0.1, -0.05) is 22.9 Å². The van der Waals surface area contributed by atoms with E-state index in [4.69, 9.17) is 4.52 Å². The predicted octanol–water partition coefficient (Wildman–Crippen LogP) is 2.93. The number of rotatable bonds is 2. The van der Waals surface area contributed by atoms with Gasteiger partial charge in [0.05, 0.1) is 5.92 Å². The van der Waals surface area contributed by atoms with E-state index in [0.717, 1.165) is 29.7 Å². The number of hydrogen-bond donors (Lipinski definition) is 0. The zero-order chi connectivity index (χ0) is 15.9. The van der Waals surface area contributed by atoms with Gasteiger partial charge in [0, 0.05) is 18.7 Å². The van der Waals surface area contributed by atoms with Gasteiger partial charge in [0.15, 0.2) is 5.82 Å². The monoisotopic (exact) mass is 299 g/mol. The highest BCUT2D eigenvalue weighted by atomic mass is 16.5. The molecule has 1 amide bonds. The Kier molecular flexibility index (Phi) is 3.72. The van der Waals surface area contributed by atoms with Gasteiger partial charge in [0.25, 0.3) is 5.91 Å². The normalized spacial score (nSPS) is 18.0. The Bertz CT molecular complexity index is 697. The molecule has 1 aromatic carbocycles. The Hall–Kier alpha value is -2.17. The van der Waals surface area contributed by atoms with Crippen LogP contribution in [0.5, 0.6) is 0 Å². The number of aromatic nitrogens is 2. The van der Waals surface area contributed by atoms with Gasteiger partial charge in [-0.3, -0.25) is 4.79 Å². The molecule has 22 heavy (non-hydrogen) atoms. The summed E-state index contributed by atoms with van der Waals surface area (Å²) >= 11 is 0. The summed E-state index contributed by atoms with van der Waals surface area (Å²) in [7, 11) is 0. The minimum atomic E-state index is 0.105. The first-order chi connectivity index (χ1) is 10.5. The number of aryl methyl sites for hydroxylation is 4. The quantitative estimate of drug-likeness (QED) is 0.855. The molecule has 1 saturated heterocycles. The maximum Gasteiger partial charge on any atom is 0.254 e. The average molecular weight is 299 g/mol. The first-order valence-corrected chi connectivity index (χ1v) is 7.63. The highest BCUT2D eigenvalue weighted by molar-refractivity contribution is 5.97. The molecular weight excluding hydrogens is 278 g/mol. The predicted molar refractivity (Wildman–Crippen MR) is 82.9 cm³/mol. The van der Waals surface area contributed by atoms with Gasteiger partial charge in [0.1, 0.15) is 0 Å². The maximum atomic E-state index is 12.8. The number of carbonyl (C=O) groups excluding carboxylic acids is 1. The van der Waals surface area contributed by atoms with E-state index in [0.29, 0.717) is 18.3 Å². The summed E-state index contributed by atoms with van der Waals surface area (Å²) in [5.74, 6) is 1.54. The Morgan fingerprint density at radius 3 is 2.50 bits per heavy atom. The van der Waals surface area contributed by atoms with Crippen LogP contribution in [0.1, 0.15) is 51.1 Å². The minimum Gasteiger partial charge on any atom is -0.339 e. The molecule has 1 aliphatic heterocycles. The highest BCUT2D eigenvalue weighted by Crippen LogP contribution is 2.28. The standard InChI is InChI=1S/C17H21N3O2/c1-10-7-11(2)15(12(3)8-10)17(21)20-6-5-14(9-20)16-18-13(4)19-22-16/h7-8,14H,5-6,9H2,1-4H3/t14-/m0/s1. The molecule has 1 atom stereocenters. The van der Waals surface area contributed by atoms with Crippen molar-refractivity contribution in [2.24, 2.45) is 0 Å². The van der Waals surface area contributed by atoms with E-state index in [2.05, 4.69) is 29.2 Å². The zero-order valence-corrected chi connectivity index (χ0v) is 13.5. The number of hydrogen-bond acceptors (Lipinski definition) is 4. The van der Waals surface area contributed by atoms with Crippen LogP contribution in [0.15, 0.2) is 16.7 Å². The molecule has 1 aromatic heterocycles. The molecule has 1 aliphatic rings. The van der Waals surface area contributed by atoms with E-state index in [1.54, 1.807) is 0 Å². The molecule has 5 nitrogen and oxygen atoms in total. The van der Waals surface area contributed by atoms with Crippen molar-refractivity contribution in [3.63, 3.8) is 0 Å². The Balaban J connectivity index is 1.80. The molecule has 5 heteroatoms. The molecule has 1 fully saturated rings. The van der Waals surface area contributed by atoms with Crippen molar-refractivity contribution in [3.8, 4) is 0 Å². The topological polar surface area (TPSA) is 59.2 Å². The van der Waals surface area contributed by atoms with Crippen molar-refractivity contribution in [2.75, 3.05) is 13.1 Å². The lowest BCUT2D eigenvalue weighted by Gasteiger charge is -2.19. The molecule has 0 N–H and O–H groups in total. The van der Waals surface area contributed by atoms with Crippen LogP contribution >= 0.6 is 0 Å². The molecule has 0 unspecified atom stereocenters. The van der Waals surface area contributed by atoms with Crippen LogP contribution in [-0.4, -0.2) is 34.0 Å². The number of carbonyl (C=O) groups is 1. The van der Waals surface area contributed by atoms with Crippen LogP contribution < -0.4 is 0 Å². The summed E-state index contributed by atoms with van der Waals surface area (Å²) in [6.45, 7) is 9.25. The van der Waals surface area contributed by atoms with Crippen molar-refractivity contribution in [3.05, 3.63) is 46.1 Å². The second-order valence-corrected chi connectivity index (χ2v) is 6.19. The Morgan fingerprint density at radius 1 is 1.23 bits per heavy atom. The van der Waals surface area contributed by atoms with Crippen LogP contribution in [0.3, 0.4) is 0 Å². The molecule has 3 rings (SSSR count). The molecule has 0 saturated carbocycles. The molecule has 0 aliphatic carbocycles. The van der Waals surface area contributed by atoms with E-state index < -0.39 is 0 Å². The summed E-state index contributed by atoms with van der Waals surface area (Å²) in [6, 6.07) is 4.13. The lowest BCUT2D eigenvalue weighted by Crippen LogP contribution is -2.29. The van der Waals surface area contributed by atoms with E-state index in [9.17, 15) is 4.79 Å². The van der Waals surface area contributed by atoms with Gasteiger partial charge in [0.2, 0.25) is 5.89 Å². The molecule has 0 radical (unpaired) electrons. The summed E-state index contributed by atoms with van der Waals surface area (Å²) in [4.78, 5) is 19.0. The summed E-state index contributed by atoms with van der Waals surface area (Å²) in [5.41, 5.74) is 4.10. The second-order valence-electron chi connectivity index (χ2n) is 6.19. The van der Waals surface area contributed by atoms with Gasteiger partial charge in [-0.05, 0) is 45.2 Å². The molecule has 2 heterocycles. The maximum absolute atomic E-state index is 12.8.